The Morgan fingerprint density at radius 3 is 2.93 bits per heavy atom. The number of rotatable bonds is 4. The van der Waals surface area contributed by atoms with Crippen LogP contribution in [0.2, 0.25) is 5.15 Å². The molecule has 0 amide bonds. The maximum Gasteiger partial charge on any atom is 0.188 e. The third-order valence-electron chi connectivity index (χ3n) is 1.60. The van der Waals surface area contributed by atoms with E-state index < -0.39 is 0 Å². The summed E-state index contributed by atoms with van der Waals surface area (Å²) in [4.78, 5) is 15.3. The average Bonchev–Trinajstić information content (AvgIpc) is 2.14. The highest BCUT2D eigenvalue weighted by molar-refractivity contribution is 6.29. The second-order valence-electron chi connectivity index (χ2n) is 3.15. The lowest BCUT2D eigenvalue weighted by Crippen LogP contribution is -2.13. The van der Waals surface area contributed by atoms with Gasteiger partial charge in [-0.15, -0.1) is 0 Å². The molecule has 0 aliphatic rings. The first-order valence-corrected chi connectivity index (χ1v) is 4.73. The van der Waals surface area contributed by atoms with Gasteiger partial charge in [0.15, 0.2) is 5.78 Å². The van der Waals surface area contributed by atoms with Crippen LogP contribution in [0.5, 0.6) is 0 Å². The molecule has 0 saturated carbocycles. The van der Waals surface area contributed by atoms with Gasteiger partial charge in [0.25, 0.3) is 0 Å². The largest absolute Gasteiger partial charge is 0.371 e. The van der Waals surface area contributed by atoms with Crippen LogP contribution in [0.25, 0.3) is 0 Å². The van der Waals surface area contributed by atoms with Crippen LogP contribution in [0.15, 0.2) is 18.3 Å². The molecule has 0 aromatic carbocycles. The Kier molecular flexibility index (Phi) is 4.04. The van der Waals surface area contributed by atoms with E-state index in [0.29, 0.717) is 10.7 Å². The monoisotopic (exact) mass is 213 g/mol. The number of carbonyl (C=O) groups excluding carboxylic acids is 1. The molecule has 0 unspecified atom stereocenters. The highest BCUT2D eigenvalue weighted by Crippen LogP contribution is 2.08. The molecule has 14 heavy (non-hydrogen) atoms. The van der Waals surface area contributed by atoms with Crippen LogP contribution in [0.3, 0.4) is 0 Å². The molecule has 1 aromatic rings. The predicted molar refractivity (Wildman–Crippen MR) is 54.7 cm³/mol. The molecule has 1 rings (SSSR count). The molecule has 0 bridgehead atoms. The van der Waals surface area contributed by atoms with Crippen molar-refractivity contribution in [3.05, 3.63) is 29.0 Å². The zero-order valence-corrected chi connectivity index (χ0v) is 8.91. The van der Waals surface area contributed by atoms with Crippen molar-refractivity contribution in [3.8, 4) is 0 Å². The Hall–Kier alpha value is -0.930. The molecule has 0 N–H and O–H groups in total. The number of hydrogen-bond acceptors (Lipinski definition) is 3. The number of halogens is 1. The second-order valence-corrected chi connectivity index (χ2v) is 3.54. The molecule has 0 aliphatic heterocycles. The summed E-state index contributed by atoms with van der Waals surface area (Å²) in [5.74, 6) is -0.0806. The van der Waals surface area contributed by atoms with E-state index in [1.54, 1.807) is 6.07 Å². The fraction of sp³-hybridized carbons (Fsp3) is 0.400. The third-order valence-corrected chi connectivity index (χ3v) is 1.80. The van der Waals surface area contributed by atoms with E-state index in [4.69, 9.17) is 16.3 Å². The first-order chi connectivity index (χ1) is 6.59. The third kappa shape index (κ3) is 3.44. The SMILES string of the molecule is CC(C)OCC(=O)c1ccnc(Cl)c1. The van der Waals surface area contributed by atoms with Gasteiger partial charge in [-0.3, -0.25) is 4.79 Å². The number of Topliss-reactive ketones (excluding diaryl/α,β-unsaturated/α-hetero) is 1. The summed E-state index contributed by atoms with van der Waals surface area (Å²) >= 11 is 5.65. The van der Waals surface area contributed by atoms with Crippen LogP contribution in [0.4, 0.5) is 0 Å². The lowest BCUT2D eigenvalue weighted by Gasteiger charge is -2.06. The first-order valence-electron chi connectivity index (χ1n) is 4.36. The molecule has 0 aliphatic carbocycles. The molecule has 3 nitrogen and oxygen atoms in total. The van der Waals surface area contributed by atoms with E-state index in [-0.39, 0.29) is 18.5 Å². The summed E-state index contributed by atoms with van der Waals surface area (Å²) in [7, 11) is 0. The fourth-order valence-corrected chi connectivity index (χ4v) is 1.08. The summed E-state index contributed by atoms with van der Waals surface area (Å²) in [5.41, 5.74) is 0.533. The Balaban J connectivity index is 2.61. The molecular formula is C10H12ClNO2. The Labute approximate surface area is 88.1 Å². The fourth-order valence-electron chi connectivity index (χ4n) is 0.902. The van der Waals surface area contributed by atoms with Gasteiger partial charge in [0.1, 0.15) is 11.8 Å². The van der Waals surface area contributed by atoms with Crippen molar-refractivity contribution >= 4 is 17.4 Å². The van der Waals surface area contributed by atoms with Gasteiger partial charge in [-0.05, 0) is 26.0 Å². The van der Waals surface area contributed by atoms with Gasteiger partial charge in [-0.2, -0.15) is 0 Å². The quantitative estimate of drug-likeness (QED) is 0.569. The maximum absolute atomic E-state index is 11.5. The summed E-state index contributed by atoms with van der Waals surface area (Å²) in [6.45, 7) is 3.84. The number of carbonyl (C=O) groups is 1. The smallest absolute Gasteiger partial charge is 0.188 e. The molecule has 0 saturated heterocycles. The minimum Gasteiger partial charge on any atom is -0.371 e. The van der Waals surface area contributed by atoms with Crippen molar-refractivity contribution in [2.75, 3.05) is 6.61 Å². The average molecular weight is 214 g/mol. The van der Waals surface area contributed by atoms with Crippen molar-refractivity contribution in [2.45, 2.75) is 20.0 Å². The van der Waals surface area contributed by atoms with E-state index >= 15 is 0 Å². The van der Waals surface area contributed by atoms with Crippen molar-refractivity contribution in [3.63, 3.8) is 0 Å². The first kappa shape index (κ1) is 11.1. The zero-order valence-electron chi connectivity index (χ0n) is 8.16. The normalized spacial score (nSPS) is 10.6. The van der Waals surface area contributed by atoms with E-state index in [9.17, 15) is 4.79 Å². The van der Waals surface area contributed by atoms with Crippen LogP contribution < -0.4 is 0 Å². The number of nitrogens with zero attached hydrogens (tertiary/aromatic N) is 1. The zero-order chi connectivity index (χ0) is 10.6. The van der Waals surface area contributed by atoms with Gasteiger partial charge < -0.3 is 4.74 Å². The molecule has 1 heterocycles. The van der Waals surface area contributed by atoms with Crippen molar-refractivity contribution in [2.24, 2.45) is 0 Å². The minimum atomic E-state index is -0.0806. The molecule has 1 aromatic heterocycles. The van der Waals surface area contributed by atoms with Crippen molar-refractivity contribution in [1.82, 2.24) is 4.98 Å². The second kappa shape index (κ2) is 5.08. The van der Waals surface area contributed by atoms with Gasteiger partial charge in [0.05, 0.1) is 6.10 Å². The summed E-state index contributed by atoms with van der Waals surface area (Å²) in [6, 6.07) is 3.16. The molecule has 76 valence electrons. The van der Waals surface area contributed by atoms with E-state index in [1.165, 1.54) is 12.3 Å². The van der Waals surface area contributed by atoms with Gasteiger partial charge in [0, 0.05) is 11.8 Å². The minimum absolute atomic E-state index is 0.0521. The number of ketones is 1. The lowest BCUT2D eigenvalue weighted by molar-refractivity contribution is 0.0585. The number of pyridine rings is 1. The Morgan fingerprint density at radius 2 is 2.36 bits per heavy atom. The highest BCUT2D eigenvalue weighted by Gasteiger charge is 2.07. The van der Waals surface area contributed by atoms with Crippen LogP contribution in [0, 0.1) is 0 Å². The lowest BCUT2D eigenvalue weighted by atomic mass is 10.2. The van der Waals surface area contributed by atoms with E-state index in [2.05, 4.69) is 4.98 Å². The Bertz CT molecular complexity index is 326. The number of ether oxygens (including phenoxy) is 1. The Morgan fingerprint density at radius 1 is 1.64 bits per heavy atom. The molecule has 0 fully saturated rings. The highest BCUT2D eigenvalue weighted by atomic mass is 35.5. The van der Waals surface area contributed by atoms with E-state index in [0.717, 1.165) is 0 Å². The number of aromatic nitrogens is 1. The molecule has 4 heteroatoms. The van der Waals surface area contributed by atoms with Gasteiger partial charge >= 0.3 is 0 Å². The topological polar surface area (TPSA) is 39.2 Å². The van der Waals surface area contributed by atoms with Gasteiger partial charge in [-0.1, -0.05) is 11.6 Å². The number of hydrogen-bond donors (Lipinski definition) is 0. The van der Waals surface area contributed by atoms with Crippen molar-refractivity contribution in [1.29, 1.82) is 0 Å². The summed E-state index contributed by atoms with van der Waals surface area (Å²) < 4.78 is 5.18. The van der Waals surface area contributed by atoms with Crippen LogP contribution in [-0.2, 0) is 4.74 Å². The standard InChI is InChI=1S/C10H12ClNO2/c1-7(2)14-6-9(13)8-3-4-12-10(11)5-8/h3-5,7H,6H2,1-2H3. The van der Waals surface area contributed by atoms with Gasteiger partial charge in [-0.25, -0.2) is 4.98 Å². The van der Waals surface area contributed by atoms with Crippen LogP contribution in [0.1, 0.15) is 24.2 Å². The molecular weight excluding hydrogens is 202 g/mol. The van der Waals surface area contributed by atoms with Crippen molar-refractivity contribution < 1.29 is 9.53 Å². The molecule has 0 spiro atoms. The molecule has 0 atom stereocenters. The predicted octanol–water partition coefficient (Wildman–Crippen LogP) is 2.34. The van der Waals surface area contributed by atoms with Crippen LogP contribution in [-0.4, -0.2) is 23.5 Å². The van der Waals surface area contributed by atoms with E-state index in [1.807, 2.05) is 13.8 Å². The summed E-state index contributed by atoms with van der Waals surface area (Å²) in [5, 5.41) is 0.320. The molecule has 0 radical (unpaired) electrons. The summed E-state index contributed by atoms with van der Waals surface area (Å²) in [6.07, 6.45) is 1.56. The maximum atomic E-state index is 11.5. The van der Waals surface area contributed by atoms with Gasteiger partial charge in [0.2, 0.25) is 0 Å². The van der Waals surface area contributed by atoms with Crippen LogP contribution >= 0.6 is 11.6 Å².